The standard InChI is InChI=1S/C32H20N2O7/c35-30-27-17-10-22(18-28(27)31(36)33(30)29-7-3-5-21-4-1-2-6-26(21)29)32(37)40-19-20-8-13-24(14-9-20)41-25-15-11-23(12-16-25)34(38)39/h1-18H,19H2. The molecule has 0 radical (unpaired) electrons. The van der Waals surface area contributed by atoms with E-state index in [0.717, 1.165) is 15.7 Å². The lowest BCUT2D eigenvalue weighted by Crippen LogP contribution is -2.29. The zero-order valence-electron chi connectivity index (χ0n) is 21.4. The van der Waals surface area contributed by atoms with Crippen LogP contribution < -0.4 is 9.64 Å². The molecule has 2 amide bonds. The molecular formula is C32H20N2O7. The average molecular weight is 545 g/mol. The first-order chi connectivity index (χ1) is 19.9. The van der Waals surface area contributed by atoms with E-state index < -0.39 is 22.7 Å². The predicted octanol–water partition coefficient (Wildman–Crippen LogP) is 6.70. The lowest BCUT2D eigenvalue weighted by atomic mass is 10.1. The Morgan fingerprint density at radius 2 is 1.41 bits per heavy atom. The summed E-state index contributed by atoms with van der Waals surface area (Å²) < 4.78 is 11.1. The van der Waals surface area contributed by atoms with Crippen LogP contribution in [0.3, 0.4) is 0 Å². The quantitative estimate of drug-likeness (QED) is 0.0969. The van der Waals surface area contributed by atoms with Crippen molar-refractivity contribution in [2.75, 3.05) is 4.90 Å². The van der Waals surface area contributed by atoms with Crippen molar-refractivity contribution < 1.29 is 28.8 Å². The highest BCUT2D eigenvalue weighted by Gasteiger charge is 2.38. The first-order valence-corrected chi connectivity index (χ1v) is 12.6. The third-order valence-corrected chi connectivity index (χ3v) is 6.71. The molecule has 0 bridgehead atoms. The minimum absolute atomic E-state index is 0.0251. The molecule has 5 aromatic rings. The summed E-state index contributed by atoms with van der Waals surface area (Å²) in [5.74, 6) is -0.635. The largest absolute Gasteiger partial charge is 0.457 e. The molecule has 1 aliphatic heterocycles. The second-order valence-electron chi connectivity index (χ2n) is 9.28. The number of ether oxygens (including phenoxy) is 2. The molecule has 0 N–H and O–H groups in total. The van der Waals surface area contributed by atoms with Crippen LogP contribution in [-0.4, -0.2) is 22.7 Å². The molecule has 0 atom stereocenters. The lowest BCUT2D eigenvalue weighted by Gasteiger charge is -2.16. The van der Waals surface area contributed by atoms with Gasteiger partial charge in [0.05, 0.1) is 27.3 Å². The molecule has 9 heteroatoms. The number of nitro groups is 1. The molecule has 1 heterocycles. The summed E-state index contributed by atoms with van der Waals surface area (Å²) in [6.07, 6.45) is 0. The topological polar surface area (TPSA) is 116 Å². The SMILES string of the molecule is O=C(OCc1ccc(Oc2ccc([N+](=O)[O-])cc2)cc1)c1ccc2c(c1)C(=O)N(c1cccc3ccccc13)C2=O. The molecule has 1 aliphatic rings. The van der Waals surface area contributed by atoms with Gasteiger partial charge in [-0.3, -0.25) is 19.7 Å². The molecule has 0 saturated heterocycles. The van der Waals surface area contributed by atoms with Crippen molar-refractivity contribution in [1.82, 2.24) is 0 Å². The molecule has 6 rings (SSSR count). The highest BCUT2D eigenvalue weighted by molar-refractivity contribution is 6.36. The number of benzene rings is 5. The van der Waals surface area contributed by atoms with Crippen molar-refractivity contribution in [2.45, 2.75) is 6.61 Å². The van der Waals surface area contributed by atoms with Crippen LogP contribution in [0.1, 0.15) is 36.6 Å². The van der Waals surface area contributed by atoms with Gasteiger partial charge >= 0.3 is 5.97 Å². The normalized spacial score (nSPS) is 12.3. The third kappa shape index (κ3) is 4.87. The van der Waals surface area contributed by atoms with E-state index in [4.69, 9.17) is 9.47 Å². The molecule has 41 heavy (non-hydrogen) atoms. The Bertz CT molecular complexity index is 1840. The van der Waals surface area contributed by atoms with E-state index in [2.05, 4.69) is 0 Å². The number of hydrogen-bond donors (Lipinski definition) is 0. The first kappa shape index (κ1) is 25.4. The van der Waals surface area contributed by atoms with E-state index in [0.29, 0.717) is 22.7 Å². The lowest BCUT2D eigenvalue weighted by molar-refractivity contribution is -0.384. The van der Waals surface area contributed by atoms with E-state index in [1.165, 1.54) is 42.5 Å². The Kier molecular flexibility index (Phi) is 6.45. The number of fused-ring (bicyclic) bond motifs is 2. The van der Waals surface area contributed by atoms with Gasteiger partial charge in [0.1, 0.15) is 18.1 Å². The summed E-state index contributed by atoms with van der Waals surface area (Å²) in [6.45, 7) is -0.0251. The predicted molar refractivity (Wildman–Crippen MR) is 150 cm³/mol. The van der Waals surface area contributed by atoms with Crippen molar-refractivity contribution in [1.29, 1.82) is 0 Å². The van der Waals surface area contributed by atoms with Crippen molar-refractivity contribution in [3.63, 3.8) is 0 Å². The molecule has 0 unspecified atom stereocenters. The van der Waals surface area contributed by atoms with E-state index in [1.54, 1.807) is 36.4 Å². The van der Waals surface area contributed by atoms with Crippen molar-refractivity contribution >= 4 is 39.9 Å². The fourth-order valence-corrected chi connectivity index (χ4v) is 4.65. The molecule has 9 nitrogen and oxygen atoms in total. The van der Waals surface area contributed by atoms with E-state index in [-0.39, 0.29) is 29.0 Å². The highest BCUT2D eigenvalue weighted by Crippen LogP contribution is 2.34. The Labute approximate surface area is 233 Å². The van der Waals surface area contributed by atoms with Crippen molar-refractivity contribution in [3.05, 3.63) is 142 Å². The fourth-order valence-electron chi connectivity index (χ4n) is 4.65. The number of rotatable bonds is 7. The zero-order valence-corrected chi connectivity index (χ0v) is 21.4. The van der Waals surface area contributed by atoms with Crippen LogP contribution in [0, 0.1) is 10.1 Å². The van der Waals surface area contributed by atoms with Crippen LogP contribution in [0.25, 0.3) is 10.8 Å². The Balaban J connectivity index is 1.13. The van der Waals surface area contributed by atoms with Gasteiger partial charge in [0.15, 0.2) is 0 Å². The third-order valence-electron chi connectivity index (χ3n) is 6.71. The number of carbonyl (C=O) groups is 3. The van der Waals surface area contributed by atoms with Crippen molar-refractivity contribution in [3.8, 4) is 11.5 Å². The maximum atomic E-state index is 13.3. The maximum absolute atomic E-state index is 13.3. The summed E-state index contributed by atoms with van der Waals surface area (Å²) in [7, 11) is 0. The average Bonchev–Trinajstić information content (AvgIpc) is 3.25. The van der Waals surface area contributed by atoms with Gasteiger partial charge in [-0.15, -0.1) is 0 Å². The molecule has 0 aromatic heterocycles. The van der Waals surface area contributed by atoms with Gasteiger partial charge in [-0.2, -0.15) is 0 Å². The van der Waals surface area contributed by atoms with Gasteiger partial charge in [-0.1, -0.05) is 48.5 Å². The number of amides is 2. The summed E-state index contributed by atoms with van der Waals surface area (Å²) in [5.41, 5.74) is 1.68. The summed E-state index contributed by atoms with van der Waals surface area (Å²) in [4.78, 5) is 50.8. The molecule has 200 valence electrons. The van der Waals surface area contributed by atoms with Crippen molar-refractivity contribution in [2.24, 2.45) is 0 Å². The Hall–Kier alpha value is -5.83. The number of hydrogen-bond acceptors (Lipinski definition) is 7. The zero-order chi connectivity index (χ0) is 28.5. The van der Waals surface area contributed by atoms with Crippen LogP contribution in [0.15, 0.2) is 109 Å². The van der Waals surface area contributed by atoms with Gasteiger partial charge in [0.25, 0.3) is 17.5 Å². The highest BCUT2D eigenvalue weighted by atomic mass is 16.6. The van der Waals surface area contributed by atoms with Gasteiger partial charge in [-0.05, 0) is 59.5 Å². The first-order valence-electron chi connectivity index (χ1n) is 12.6. The second kappa shape index (κ2) is 10.4. The Morgan fingerprint density at radius 3 is 2.15 bits per heavy atom. The van der Waals surface area contributed by atoms with E-state index in [9.17, 15) is 24.5 Å². The van der Waals surface area contributed by atoms with Crippen LogP contribution in [0.4, 0.5) is 11.4 Å². The molecule has 5 aromatic carbocycles. The van der Waals surface area contributed by atoms with Gasteiger partial charge in [0, 0.05) is 17.5 Å². The minimum Gasteiger partial charge on any atom is -0.457 e. The number of esters is 1. The van der Waals surface area contributed by atoms with Gasteiger partial charge in [-0.25, -0.2) is 9.69 Å². The maximum Gasteiger partial charge on any atom is 0.338 e. The smallest absolute Gasteiger partial charge is 0.338 e. The summed E-state index contributed by atoms with van der Waals surface area (Å²) in [5, 5.41) is 12.5. The fraction of sp³-hybridized carbons (Fsp3) is 0.0312. The molecule has 0 aliphatic carbocycles. The number of anilines is 1. The van der Waals surface area contributed by atoms with E-state index >= 15 is 0 Å². The molecule has 0 spiro atoms. The number of imide groups is 1. The molecule has 0 saturated carbocycles. The number of nitrogens with zero attached hydrogens (tertiary/aromatic N) is 2. The van der Waals surface area contributed by atoms with Crippen LogP contribution in [-0.2, 0) is 11.3 Å². The molecule has 0 fully saturated rings. The number of non-ortho nitro benzene ring substituents is 1. The monoisotopic (exact) mass is 544 g/mol. The summed E-state index contributed by atoms with van der Waals surface area (Å²) in [6, 6.07) is 29.8. The second-order valence-corrected chi connectivity index (χ2v) is 9.28. The number of nitro benzene ring substituents is 1. The van der Waals surface area contributed by atoms with Gasteiger partial charge < -0.3 is 9.47 Å². The van der Waals surface area contributed by atoms with E-state index in [1.807, 2.05) is 30.3 Å². The number of carbonyl (C=O) groups excluding carboxylic acids is 3. The van der Waals surface area contributed by atoms with Gasteiger partial charge in [0.2, 0.25) is 0 Å². The summed E-state index contributed by atoms with van der Waals surface area (Å²) >= 11 is 0. The van der Waals surface area contributed by atoms with Crippen LogP contribution in [0.5, 0.6) is 11.5 Å². The Morgan fingerprint density at radius 1 is 0.756 bits per heavy atom. The van der Waals surface area contributed by atoms with Crippen LogP contribution >= 0.6 is 0 Å². The minimum atomic E-state index is -0.636. The van der Waals surface area contributed by atoms with Crippen LogP contribution in [0.2, 0.25) is 0 Å². The molecular weight excluding hydrogens is 524 g/mol.